The number of carbonyl (C=O) groups is 1. The van der Waals surface area contributed by atoms with Crippen LogP contribution in [0.4, 0.5) is 4.79 Å². The average Bonchev–Trinajstić information content (AvgIpc) is 3.18. The zero-order chi connectivity index (χ0) is 13.9. The molecule has 0 spiro atoms. The summed E-state index contributed by atoms with van der Waals surface area (Å²) in [4.78, 5) is 14.5. The minimum Gasteiger partial charge on any atom is -0.393 e. The van der Waals surface area contributed by atoms with Crippen LogP contribution in [0.15, 0.2) is 0 Å². The smallest absolute Gasteiger partial charge is 0.315 e. The van der Waals surface area contributed by atoms with Crippen molar-refractivity contribution in [2.45, 2.75) is 63.1 Å². The van der Waals surface area contributed by atoms with E-state index in [9.17, 15) is 9.90 Å². The number of nitrogens with zero attached hydrogens (tertiary/aromatic N) is 1. The Morgan fingerprint density at radius 1 is 1.10 bits per heavy atom. The standard InChI is InChI=1S/C15H27N3O2/c19-14-5-1-12(2-6-14)17-15(20)16-9-11-7-8-18(10-11)13-3-4-13/h11-14,19H,1-10H2,(H2,16,17,20). The maximum Gasteiger partial charge on any atom is 0.315 e. The van der Waals surface area contributed by atoms with Crippen molar-refractivity contribution in [3.8, 4) is 0 Å². The summed E-state index contributed by atoms with van der Waals surface area (Å²) in [5.41, 5.74) is 0. The SMILES string of the molecule is O=C(NCC1CCN(C2CC2)C1)NC1CCC(O)CC1. The van der Waals surface area contributed by atoms with Crippen LogP contribution in [0.3, 0.4) is 0 Å². The Kier molecular flexibility index (Phi) is 4.46. The van der Waals surface area contributed by atoms with E-state index in [4.69, 9.17) is 0 Å². The monoisotopic (exact) mass is 281 g/mol. The molecule has 3 rings (SSSR count). The molecular weight excluding hydrogens is 254 g/mol. The van der Waals surface area contributed by atoms with Gasteiger partial charge in [-0.15, -0.1) is 0 Å². The number of carbonyl (C=O) groups excluding carboxylic acids is 1. The summed E-state index contributed by atoms with van der Waals surface area (Å²) < 4.78 is 0. The first-order chi connectivity index (χ1) is 9.70. The largest absolute Gasteiger partial charge is 0.393 e. The first kappa shape index (κ1) is 14.1. The fourth-order valence-electron chi connectivity index (χ4n) is 3.49. The van der Waals surface area contributed by atoms with Crippen molar-refractivity contribution in [1.82, 2.24) is 15.5 Å². The molecule has 1 unspecified atom stereocenters. The van der Waals surface area contributed by atoms with Crippen molar-refractivity contribution in [2.75, 3.05) is 19.6 Å². The van der Waals surface area contributed by atoms with E-state index in [0.29, 0.717) is 5.92 Å². The number of aliphatic hydroxyl groups excluding tert-OH is 1. The lowest BCUT2D eigenvalue weighted by Crippen LogP contribution is -2.45. The van der Waals surface area contributed by atoms with Crippen molar-refractivity contribution in [3.63, 3.8) is 0 Å². The lowest BCUT2D eigenvalue weighted by molar-refractivity contribution is 0.117. The second kappa shape index (κ2) is 6.31. The fourth-order valence-corrected chi connectivity index (χ4v) is 3.49. The maximum atomic E-state index is 11.9. The van der Waals surface area contributed by atoms with Gasteiger partial charge in [-0.25, -0.2) is 4.79 Å². The van der Waals surface area contributed by atoms with Gasteiger partial charge in [0.15, 0.2) is 0 Å². The molecule has 2 saturated carbocycles. The first-order valence-corrected chi connectivity index (χ1v) is 8.17. The molecule has 0 aromatic heterocycles. The molecule has 114 valence electrons. The van der Waals surface area contributed by atoms with Gasteiger partial charge in [-0.05, 0) is 57.4 Å². The molecule has 20 heavy (non-hydrogen) atoms. The quantitative estimate of drug-likeness (QED) is 0.722. The second-order valence-electron chi connectivity index (χ2n) is 6.74. The fraction of sp³-hybridized carbons (Fsp3) is 0.933. The number of likely N-dealkylation sites (tertiary alicyclic amines) is 1. The zero-order valence-electron chi connectivity index (χ0n) is 12.2. The molecule has 1 heterocycles. The highest BCUT2D eigenvalue weighted by Gasteiger charge is 2.34. The number of rotatable bonds is 4. The lowest BCUT2D eigenvalue weighted by atomic mass is 9.93. The summed E-state index contributed by atoms with van der Waals surface area (Å²) in [7, 11) is 0. The number of hydrogen-bond acceptors (Lipinski definition) is 3. The van der Waals surface area contributed by atoms with E-state index >= 15 is 0 Å². The molecule has 1 saturated heterocycles. The lowest BCUT2D eigenvalue weighted by Gasteiger charge is -2.26. The van der Waals surface area contributed by atoms with E-state index in [1.807, 2.05) is 0 Å². The molecule has 3 fully saturated rings. The summed E-state index contributed by atoms with van der Waals surface area (Å²) in [6, 6.07) is 1.06. The van der Waals surface area contributed by atoms with Gasteiger partial charge in [0, 0.05) is 25.2 Å². The molecule has 0 aromatic carbocycles. The van der Waals surface area contributed by atoms with Crippen LogP contribution in [0.25, 0.3) is 0 Å². The van der Waals surface area contributed by atoms with Gasteiger partial charge in [0.1, 0.15) is 0 Å². The summed E-state index contributed by atoms with van der Waals surface area (Å²) in [6.45, 7) is 3.16. The molecule has 5 heteroatoms. The van der Waals surface area contributed by atoms with Gasteiger partial charge < -0.3 is 20.6 Å². The molecular formula is C15H27N3O2. The summed E-state index contributed by atoms with van der Waals surface area (Å²) in [6.07, 6.45) is 7.20. The Labute approximate surface area is 121 Å². The van der Waals surface area contributed by atoms with Crippen LogP contribution in [-0.4, -0.2) is 53.9 Å². The minimum absolute atomic E-state index is 0.0312. The molecule has 0 radical (unpaired) electrons. The van der Waals surface area contributed by atoms with Gasteiger partial charge in [-0.1, -0.05) is 0 Å². The van der Waals surface area contributed by atoms with Crippen molar-refractivity contribution in [2.24, 2.45) is 5.92 Å². The van der Waals surface area contributed by atoms with Crippen molar-refractivity contribution in [1.29, 1.82) is 0 Å². The average molecular weight is 281 g/mol. The predicted octanol–water partition coefficient (Wildman–Crippen LogP) is 1.07. The van der Waals surface area contributed by atoms with Crippen LogP contribution in [0.2, 0.25) is 0 Å². The van der Waals surface area contributed by atoms with Gasteiger partial charge in [0.25, 0.3) is 0 Å². The number of urea groups is 1. The van der Waals surface area contributed by atoms with Crippen LogP contribution >= 0.6 is 0 Å². The van der Waals surface area contributed by atoms with E-state index in [0.717, 1.165) is 44.8 Å². The summed E-state index contributed by atoms with van der Waals surface area (Å²) >= 11 is 0. The molecule has 1 atom stereocenters. The second-order valence-corrected chi connectivity index (χ2v) is 6.74. The maximum absolute atomic E-state index is 11.9. The van der Waals surface area contributed by atoms with E-state index in [1.54, 1.807) is 0 Å². The Bertz CT molecular complexity index is 338. The number of hydrogen-bond donors (Lipinski definition) is 3. The van der Waals surface area contributed by atoms with E-state index in [2.05, 4.69) is 15.5 Å². The molecule has 3 aliphatic rings. The highest BCUT2D eigenvalue weighted by Crippen LogP contribution is 2.31. The number of aliphatic hydroxyl groups is 1. The highest BCUT2D eigenvalue weighted by molar-refractivity contribution is 5.74. The Hall–Kier alpha value is -0.810. The molecule has 1 aliphatic heterocycles. The topological polar surface area (TPSA) is 64.6 Å². The van der Waals surface area contributed by atoms with Gasteiger partial charge in [-0.3, -0.25) is 0 Å². The van der Waals surface area contributed by atoms with Gasteiger partial charge in [0.2, 0.25) is 0 Å². The minimum atomic E-state index is -0.164. The first-order valence-electron chi connectivity index (χ1n) is 8.17. The van der Waals surface area contributed by atoms with Gasteiger partial charge >= 0.3 is 6.03 Å². The highest BCUT2D eigenvalue weighted by atomic mass is 16.3. The van der Waals surface area contributed by atoms with Crippen molar-refractivity contribution >= 4 is 6.03 Å². The van der Waals surface area contributed by atoms with Crippen LogP contribution < -0.4 is 10.6 Å². The molecule has 2 amide bonds. The number of amides is 2. The van der Waals surface area contributed by atoms with Crippen LogP contribution in [0.5, 0.6) is 0 Å². The summed E-state index contributed by atoms with van der Waals surface area (Å²) in [5, 5.41) is 15.5. The van der Waals surface area contributed by atoms with Gasteiger partial charge in [0.05, 0.1) is 6.10 Å². The summed E-state index contributed by atoms with van der Waals surface area (Å²) in [5.74, 6) is 0.620. The normalized spacial score (nSPS) is 35.0. The molecule has 5 nitrogen and oxygen atoms in total. The van der Waals surface area contributed by atoms with E-state index in [-0.39, 0.29) is 18.2 Å². The van der Waals surface area contributed by atoms with Crippen LogP contribution in [0, 0.1) is 5.92 Å². The van der Waals surface area contributed by atoms with Crippen LogP contribution in [0.1, 0.15) is 44.9 Å². The van der Waals surface area contributed by atoms with E-state index < -0.39 is 0 Å². The van der Waals surface area contributed by atoms with Gasteiger partial charge in [-0.2, -0.15) is 0 Å². The third kappa shape index (κ3) is 3.85. The Morgan fingerprint density at radius 2 is 1.85 bits per heavy atom. The Balaban J connectivity index is 1.31. The predicted molar refractivity (Wildman–Crippen MR) is 77.5 cm³/mol. The zero-order valence-corrected chi connectivity index (χ0v) is 12.2. The van der Waals surface area contributed by atoms with Crippen molar-refractivity contribution in [3.05, 3.63) is 0 Å². The number of nitrogens with one attached hydrogen (secondary N) is 2. The van der Waals surface area contributed by atoms with E-state index in [1.165, 1.54) is 25.8 Å². The molecule has 2 aliphatic carbocycles. The van der Waals surface area contributed by atoms with Crippen LogP contribution in [-0.2, 0) is 0 Å². The molecule has 0 aromatic rings. The molecule has 0 bridgehead atoms. The Morgan fingerprint density at radius 3 is 2.55 bits per heavy atom. The molecule has 3 N–H and O–H groups in total. The van der Waals surface area contributed by atoms with Crippen molar-refractivity contribution < 1.29 is 9.90 Å². The third-order valence-corrected chi connectivity index (χ3v) is 4.96. The third-order valence-electron chi connectivity index (χ3n) is 4.96.